The van der Waals surface area contributed by atoms with Gasteiger partial charge >= 0.3 is 0 Å². The van der Waals surface area contributed by atoms with Crippen molar-refractivity contribution in [2.75, 3.05) is 19.6 Å². The van der Waals surface area contributed by atoms with Crippen molar-refractivity contribution in [1.82, 2.24) is 15.5 Å². The van der Waals surface area contributed by atoms with Crippen molar-refractivity contribution < 1.29 is 9.59 Å². The van der Waals surface area contributed by atoms with E-state index in [4.69, 9.17) is 0 Å². The fourth-order valence-electron chi connectivity index (χ4n) is 4.69. The smallest absolute Gasteiger partial charge is 0.233 e. The molecule has 28 heavy (non-hydrogen) atoms. The standard InChI is InChI=1S/C21H28N4O2S/c1-3-22-21(24-12-16-13(2)7-10-28-16)23-8-4-9-25-19(26)17-14-5-6-15(11-14)18(17)20(25)27/h5-7,10,14-15,17-18H,3-4,8-9,11-12H2,1-2H3,(H2,22,23,24). The molecule has 0 aromatic carbocycles. The lowest BCUT2D eigenvalue weighted by Crippen LogP contribution is -2.40. The van der Waals surface area contributed by atoms with E-state index < -0.39 is 0 Å². The Morgan fingerprint density at radius 1 is 1.21 bits per heavy atom. The molecule has 4 unspecified atom stereocenters. The molecule has 1 aromatic heterocycles. The molecule has 1 saturated carbocycles. The number of nitrogens with zero attached hydrogens (tertiary/aromatic N) is 2. The van der Waals surface area contributed by atoms with E-state index in [1.54, 1.807) is 11.3 Å². The minimum absolute atomic E-state index is 0.0422. The summed E-state index contributed by atoms with van der Waals surface area (Å²) in [5.74, 6) is 1.23. The molecule has 0 spiro atoms. The zero-order valence-corrected chi connectivity index (χ0v) is 17.3. The summed E-state index contributed by atoms with van der Waals surface area (Å²) < 4.78 is 0. The molecule has 7 heteroatoms. The summed E-state index contributed by atoms with van der Waals surface area (Å²) in [4.78, 5) is 32.8. The van der Waals surface area contributed by atoms with Crippen LogP contribution in [-0.2, 0) is 16.1 Å². The van der Waals surface area contributed by atoms with Crippen LogP contribution in [0.4, 0.5) is 0 Å². The van der Waals surface area contributed by atoms with Gasteiger partial charge < -0.3 is 10.6 Å². The number of likely N-dealkylation sites (tertiary alicyclic amines) is 1. The van der Waals surface area contributed by atoms with E-state index >= 15 is 0 Å². The summed E-state index contributed by atoms with van der Waals surface area (Å²) in [7, 11) is 0. The fourth-order valence-corrected chi connectivity index (χ4v) is 5.52. The number of nitrogens with one attached hydrogen (secondary N) is 2. The van der Waals surface area contributed by atoms with Crippen LogP contribution in [-0.4, -0.2) is 42.3 Å². The highest BCUT2D eigenvalue weighted by molar-refractivity contribution is 7.10. The highest BCUT2D eigenvalue weighted by atomic mass is 32.1. The third-order valence-electron chi connectivity index (χ3n) is 6.11. The molecule has 3 aliphatic rings. The number of aryl methyl sites for hydroxylation is 1. The molecule has 1 aliphatic heterocycles. The zero-order valence-electron chi connectivity index (χ0n) is 16.5. The highest BCUT2D eigenvalue weighted by Crippen LogP contribution is 2.52. The number of carbonyl (C=O) groups is 2. The van der Waals surface area contributed by atoms with Gasteiger partial charge in [-0.2, -0.15) is 0 Å². The lowest BCUT2D eigenvalue weighted by atomic mass is 9.85. The Hall–Kier alpha value is -2.15. The van der Waals surface area contributed by atoms with Gasteiger partial charge in [-0.05, 0) is 55.5 Å². The summed E-state index contributed by atoms with van der Waals surface area (Å²) in [5.41, 5.74) is 1.27. The Kier molecular flexibility index (Phi) is 5.53. The van der Waals surface area contributed by atoms with Gasteiger partial charge in [0.25, 0.3) is 0 Å². The first-order valence-corrected chi connectivity index (χ1v) is 11.1. The second-order valence-electron chi connectivity index (χ2n) is 7.83. The molecular formula is C21H28N4O2S. The minimum atomic E-state index is -0.0941. The Balaban J connectivity index is 1.27. The molecule has 2 bridgehead atoms. The van der Waals surface area contributed by atoms with E-state index in [2.05, 4.69) is 46.1 Å². The zero-order chi connectivity index (χ0) is 19.7. The Morgan fingerprint density at radius 2 is 1.93 bits per heavy atom. The number of thiophene rings is 1. The third-order valence-corrected chi connectivity index (χ3v) is 7.11. The van der Waals surface area contributed by atoms with Crippen molar-refractivity contribution in [3.8, 4) is 0 Å². The second-order valence-corrected chi connectivity index (χ2v) is 8.83. The fraction of sp³-hybridized carbons (Fsp3) is 0.571. The summed E-state index contributed by atoms with van der Waals surface area (Å²) in [5, 5.41) is 8.65. The SMILES string of the molecule is CCNC(=NCc1sccc1C)NCCCN1C(=O)C2C3C=CC(C3)C2C1=O. The summed E-state index contributed by atoms with van der Waals surface area (Å²) in [6.07, 6.45) is 5.98. The van der Waals surface area contributed by atoms with Crippen molar-refractivity contribution in [3.63, 3.8) is 0 Å². The van der Waals surface area contributed by atoms with Crippen molar-refractivity contribution in [1.29, 1.82) is 0 Å². The van der Waals surface area contributed by atoms with Crippen molar-refractivity contribution in [2.24, 2.45) is 28.7 Å². The first-order valence-electron chi connectivity index (χ1n) is 10.2. The van der Waals surface area contributed by atoms with Crippen LogP contribution in [0.15, 0.2) is 28.6 Å². The van der Waals surface area contributed by atoms with Crippen LogP contribution in [0.5, 0.6) is 0 Å². The van der Waals surface area contributed by atoms with Gasteiger partial charge in [0, 0.05) is 24.5 Å². The van der Waals surface area contributed by atoms with Crippen molar-refractivity contribution >= 4 is 29.1 Å². The van der Waals surface area contributed by atoms with E-state index in [-0.39, 0.29) is 35.5 Å². The summed E-state index contributed by atoms with van der Waals surface area (Å²) in [6.45, 7) is 6.74. The molecule has 2 N–H and O–H groups in total. The molecule has 0 radical (unpaired) electrons. The quantitative estimate of drug-likeness (QED) is 0.242. The van der Waals surface area contributed by atoms with Gasteiger partial charge in [-0.25, -0.2) is 4.99 Å². The Labute approximate surface area is 170 Å². The van der Waals surface area contributed by atoms with Crippen LogP contribution in [0.1, 0.15) is 30.2 Å². The van der Waals surface area contributed by atoms with E-state index in [0.29, 0.717) is 19.6 Å². The lowest BCUT2D eigenvalue weighted by molar-refractivity contribution is -0.140. The number of guanidine groups is 1. The van der Waals surface area contributed by atoms with E-state index in [1.807, 2.05) is 6.92 Å². The Bertz CT molecular complexity index is 785. The van der Waals surface area contributed by atoms with Crippen LogP contribution < -0.4 is 10.6 Å². The van der Waals surface area contributed by atoms with Gasteiger partial charge in [0.1, 0.15) is 0 Å². The summed E-state index contributed by atoms with van der Waals surface area (Å²) in [6, 6.07) is 2.11. The maximum Gasteiger partial charge on any atom is 0.233 e. The number of carbonyl (C=O) groups excluding carboxylic acids is 2. The number of amides is 2. The van der Waals surface area contributed by atoms with Crippen LogP contribution in [0.25, 0.3) is 0 Å². The van der Waals surface area contributed by atoms with Crippen molar-refractivity contribution in [3.05, 3.63) is 34.0 Å². The number of aliphatic imine (C=N–C) groups is 1. The maximum atomic E-state index is 12.7. The summed E-state index contributed by atoms with van der Waals surface area (Å²) >= 11 is 1.72. The molecule has 2 fully saturated rings. The highest BCUT2D eigenvalue weighted by Gasteiger charge is 2.58. The van der Waals surface area contributed by atoms with Gasteiger partial charge in [0.2, 0.25) is 11.8 Å². The number of hydrogen-bond donors (Lipinski definition) is 2. The maximum absolute atomic E-state index is 12.7. The van der Waals surface area contributed by atoms with Crippen LogP contribution in [0.3, 0.4) is 0 Å². The van der Waals surface area contributed by atoms with Gasteiger partial charge in [0.05, 0.1) is 18.4 Å². The van der Waals surface area contributed by atoms with Gasteiger partial charge in [-0.15, -0.1) is 11.3 Å². The minimum Gasteiger partial charge on any atom is -0.357 e. The number of hydrogen-bond acceptors (Lipinski definition) is 4. The average molecular weight is 401 g/mol. The largest absolute Gasteiger partial charge is 0.357 e. The number of fused-ring (bicyclic) bond motifs is 5. The van der Waals surface area contributed by atoms with E-state index in [0.717, 1.165) is 25.3 Å². The first kappa shape index (κ1) is 19.2. The second kappa shape index (κ2) is 8.07. The lowest BCUT2D eigenvalue weighted by Gasteiger charge is -2.18. The molecule has 150 valence electrons. The molecule has 4 atom stereocenters. The number of allylic oxidation sites excluding steroid dienone is 2. The third kappa shape index (κ3) is 3.48. The monoisotopic (exact) mass is 400 g/mol. The molecule has 4 rings (SSSR count). The average Bonchev–Trinajstić information content (AvgIpc) is 3.44. The number of imide groups is 1. The molecule has 2 amide bonds. The van der Waals surface area contributed by atoms with Crippen molar-refractivity contribution in [2.45, 2.75) is 33.2 Å². The van der Waals surface area contributed by atoms with E-state index in [9.17, 15) is 9.59 Å². The molecular weight excluding hydrogens is 372 g/mol. The predicted octanol–water partition coefficient (Wildman–Crippen LogP) is 2.31. The molecule has 2 aliphatic carbocycles. The molecule has 6 nitrogen and oxygen atoms in total. The Morgan fingerprint density at radius 3 is 2.54 bits per heavy atom. The molecule has 2 heterocycles. The predicted molar refractivity (Wildman–Crippen MR) is 111 cm³/mol. The molecule has 1 saturated heterocycles. The normalized spacial score (nSPS) is 28.4. The molecule has 1 aromatic rings. The van der Waals surface area contributed by atoms with Gasteiger partial charge in [0.15, 0.2) is 5.96 Å². The first-order chi connectivity index (χ1) is 13.6. The topological polar surface area (TPSA) is 73.8 Å². The van der Waals surface area contributed by atoms with Crippen LogP contribution in [0.2, 0.25) is 0 Å². The van der Waals surface area contributed by atoms with E-state index in [1.165, 1.54) is 15.3 Å². The van der Waals surface area contributed by atoms with Gasteiger partial charge in [-0.3, -0.25) is 14.5 Å². The van der Waals surface area contributed by atoms with Crippen LogP contribution in [0, 0.1) is 30.6 Å². The van der Waals surface area contributed by atoms with Crippen LogP contribution >= 0.6 is 11.3 Å². The number of rotatable bonds is 7. The van der Waals surface area contributed by atoms with Gasteiger partial charge in [-0.1, -0.05) is 12.2 Å².